The number of hydrogen-bond donors (Lipinski definition) is 1. The molecule has 1 amide bonds. The smallest absolute Gasteiger partial charge is 0.242 e. The van der Waals surface area contributed by atoms with E-state index in [1.54, 1.807) is 38.2 Å². The third-order valence-corrected chi connectivity index (χ3v) is 6.08. The Morgan fingerprint density at radius 1 is 1.11 bits per heavy atom. The van der Waals surface area contributed by atoms with Crippen LogP contribution in [0.3, 0.4) is 0 Å². The number of carbonyl (C=O) groups is 1. The number of sulfonamides is 1. The minimum atomic E-state index is -3.58. The highest BCUT2D eigenvalue weighted by atomic mass is 32.2. The predicted molar refractivity (Wildman–Crippen MR) is 103 cm³/mol. The van der Waals surface area contributed by atoms with Gasteiger partial charge in [-0.25, -0.2) is 17.1 Å². The number of amides is 1. The van der Waals surface area contributed by atoms with E-state index in [1.807, 2.05) is 4.90 Å². The second-order valence-corrected chi connectivity index (χ2v) is 8.67. The highest BCUT2D eigenvalue weighted by Crippen LogP contribution is 2.18. The summed E-state index contributed by atoms with van der Waals surface area (Å²) in [5, 5.41) is 2.75. The lowest BCUT2D eigenvalue weighted by atomic mass is 10.2. The Hall–Kier alpha value is -2.29. The Morgan fingerprint density at radius 2 is 1.74 bits per heavy atom. The number of halogens is 1. The zero-order valence-electron chi connectivity index (χ0n) is 15.8. The molecule has 0 aliphatic carbocycles. The molecule has 0 heterocycles. The van der Waals surface area contributed by atoms with Gasteiger partial charge in [0.15, 0.2) is 0 Å². The van der Waals surface area contributed by atoms with Crippen LogP contribution in [0.2, 0.25) is 0 Å². The monoisotopic (exact) mass is 393 g/mol. The van der Waals surface area contributed by atoms with E-state index < -0.39 is 16.1 Å². The molecule has 0 spiro atoms. The van der Waals surface area contributed by atoms with E-state index in [1.165, 1.54) is 38.4 Å². The van der Waals surface area contributed by atoms with E-state index in [0.717, 1.165) is 9.87 Å². The van der Waals surface area contributed by atoms with Crippen LogP contribution in [0.5, 0.6) is 0 Å². The SMILES string of the molecule is CC(C(=O)Nc1cccc(S(=O)(=O)N(C)C)c1)N(C)Cc1ccc(F)cc1. The van der Waals surface area contributed by atoms with Gasteiger partial charge < -0.3 is 5.32 Å². The summed E-state index contributed by atoms with van der Waals surface area (Å²) in [5.41, 5.74) is 1.29. The third kappa shape index (κ3) is 5.35. The molecule has 0 bridgehead atoms. The second kappa shape index (κ2) is 8.60. The van der Waals surface area contributed by atoms with Gasteiger partial charge >= 0.3 is 0 Å². The van der Waals surface area contributed by atoms with Crippen LogP contribution in [0.25, 0.3) is 0 Å². The third-order valence-electron chi connectivity index (χ3n) is 4.27. The Morgan fingerprint density at radius 3 is 2.33 bits per heavy atom. The summed E-state index contributed by atoms with van der Waals surface area (Å²) >= 11 is 0. The van der Waals surface area contributed by atoms with Gasteiger partial charge in [-0.1, -0.05) is 18.2 Å². The summed E-state index contributed by atoms with van der Waals surface area (Å²) in [6.45, 7) is 2.23. The number of hydrogen-bond acceptors (Lipinski definition) is 4. The molecule has 0 fully saturated rings. The predicted octanol–water partition coefficient (Wildman–Crippen LogP) is 2.54. The van der Waals surface area contributed by atoms with Crippen LogP contribution in [-0.4, -0.2) is 50.7 Å². The lowest BCUT2D eigenvalue weighted by Crippen LogP contribution is -2.39. The van der Waals surface area contributed by atoms with Gasteiger partial charge in [0.2, 0.25) is 15.9 Å². The molecule has 1 unspecified atom stereocenters. The first-order chi connectivity index (χ1) is 12.6. The molecule has 1 N–H and O–H groups in total. The van der Waals surface area contributed by atoms with Gasteiger partial charge in [-0.2, -0.15) is 0 Å². The van der Waals surface area contributed by atoms with Gasteiger partial charge in [-0.05, 0) is 49.9 Å². The molecule has 0 radical (unpaired) electrons. The molecule has 1 atom stereocenters. The maximum Gasteiger partial charge on any atom is 0.242 e. The van der Waals surface area contributed by atoms with Gasteiger partial charge in [0.25, 0.3) is 0 Å². The second-order valence-electron chi connectivity index (χ2n) is 6.52. The standard InChI is InChI=1S/C19H24FN3O3S/c1-14(23(4)13-15-8-10-16(20)11-9-15)19(24)21-17-6-5-7-18(12-17)27(25,26)22(2)3/h5-12,14H,13H2,1-4H3,(H,21,24). The van der Waals surface area contributed by atoms with Crippen molar-refractivity contribution in [3.63, 3.8) is 0 Å². The molecule has 27 heavy (non-hydrogen) atoms. The summed E-state index contributed by atoms with van der Waals surface area (Å²) in [6, 6.07) is 11.8. The Bertz CT molecular complexity index is 899. The van der Waals surface area contributed by atoms with E-state index in [9.17, 15) is 17.6 Å². The molecule has 0 saturated carbocycles. The van der Waals surface area contributed by atoms with E-state index in [2.05, 4.69) is 5.32 Å². The van der Waals surface area contributed by atoms with Crippen LogP contribution in [0.4, 0.5) is 10.1 Å². The van der Waals surface area contributed by atoms with Crippen LogP contribution in [0.1, 0.15) is 12.5 Å². The minimum absolute atomic E-state index is 0.109. The van der Waals surface area contributed by atoms with Crippen molar-refractivity contribution in [1.29, 1.82) is 0 Å². The topological polar surface area (TPSA) is 69.7 Å². The molecular weight excluding hydrogens is 369 g/mol. The molecule has 6 nitrogen and oxygen atoms in total. The van der Waals surface area contributed by atoms with Crippen molar-refractivity contribution in [2.45, 2.75) is 24.4 Å². The van der Waals surface area contributed by atoms with Crippen LogP contribution < -0.4 is 5.32 Å². The summed E-state index contributed by atoms with van der Waals surface area (Å²) in [4.78, 5) is 14.5. The molecule has 0 aliphatic rings. The molecule has 0 aromatic heterocycles. The highest BCUT2D eigenvalue weighted by Gasteiger charge is 2.20. The Balaban J connectivity index is 2.06. The fourth-order valence-electron chi connectivity index (χ4n) is 2.41. The maximum absolute atomic E-state index is 13.0. The summed E-state index contributed by atoms with van der Waals surface area (Å²) in [6.07, 6.45) is 0. The Kier molecular flexibility index (Phi) is 6.69. The van der Waals surface area contributed by atoms with Gasteiger partial charge in [0.05, 0.1) is 10.9 Å². The number of anilines is 1. The number of carbonyl (C=O) groups excluding carboxylic acids is 1. The highest BCUT2D eigenvalue weighted by molar-refractivity contribution is 7.89. The number of likely N-dealkylation sites (N-methyl/N-ethyl adjacent to an activating group) is 1. The van der Waals surface area contributed by atoms with Crippen molar-refractivity contribution < 1.29 is 17.6 Å². The zero-order valence-corrected chi connectivity index (χ0v) is 16.6. The van der Waals surface area contributed by atoms with Crippen LogP contribution in [0, 0.1) is 5.82 Å². The molecule has 2 aromatic rings. The van der Waals surface area contributed by atoms with Gasteiger partial charge in [0.1, 0.15) is 5.82 Å². The van der Waals surface area contributed by atoms with Crippen molar-refractivity contribution in [3.05, 3.63) is 59.9 Å². The number of nitrogens with one attached hydrogen (secondary N) is 1. The molecule has 0 aliphatic heterocycles. The van der Waals surface area contributed by atoms with E-state index in [0.29, 0.717) is 12.2 Å². The van der Waals surface area contributed by atoms with E-state index >= 15 is 0 Å². The first kappa shape index (κ1) is 21.0. The quantitative estimate of drug-likeness (QED) is 0.785. The number of benzene rings is 2. The van der Waals surface area contributed by atoms with Gasteiger partial charge in [-0.15, -0.1) is 0 Å². The van der Waals surface area contributed by atoms with E-state index in [-0.39, 0.29) is 16.6 Å². The van der Waals surface area contributed by atoms with Crippen molar-refractivity contribution >= 4 is 21.6 Å². The summed E-state index contributed by atoms with van der Waals surface area (Å²) in [7, 11) is 1.12. The van der Waals surface area contributed by atoms with Gasteiger partial charge in [0, 0.05) is 26.3 Å². The van der Waals surface area contributed by atoms with Crippen molar-refractivity contribution in [2.75, 3.05) is 26.5 Å². The van der Waals surface area contributed by atoms with Crippen LogP contribution >= 0.6 is 0 Å². The average Bonchev–Trinajstić information content (AvgIpc) is 2.63. The first-order valence-corrected chi connectivity index (χ1v) is 9.83. The molecule has 0 saturated heterocycles. The Labute approximate surface area is 159 Å². The first-order valence-electron chi connectivity index (χ1n) is 8.39. The summed E-state index contributed by atoms with van der Waals surface area (Å²) in [5.74, 6) is -0.571. The van der Waals surface area contributed by atoms with Crippen LogP contribution in [-0.2, 0) is 21.4 Å². The normalized spacial score (nSPS) is 13.0. The molecule has 2 aromatic carbocycles. The molecule has 146 valence electrons. The van der Waals surface area contributed by atoms with Crippen molar-refractivity contribution in [3.8, 4) is 0 Å². The maximum atomic E-state index is 13.0. The van der Waals surface area contributed by atoms with Crippen molar-refractivity contribution in [1.82, 2.24) is 9.21 Å². The number of nitrogens with zero attached hydrogens (tertiary/aromatic N) is 2. The minimum Gasteiger partial charge on any atom is -0.325 e. The van der Waals surface area contributed by atoms with Crippen LogP contribution in [0.15, 0.2) is 53.4 Å². The fourth-order valence-corrected chi connectivity index (χ4v) is 3.35. The molecule has 8 heteroatoms. The largest absolute Gasteiger partial charge is 0.325 e. The zero-order chi connectivity index (χ0) is 20.2. The lowest BCUT2D eigenvalue weighted by molar-refractivity contribution is -0.120. The van der Waals surface area contributed by atoms with Gasteiger partial charge in [-0.3, -0.25) is 9.69 Å². The fraction of sp³-hybridized carbons (Fsp3) is 0.316. The summed E-state index contributed by atoms with van der Waals surface area (Å²) < 4.78 is 38.5. The van der Waals surface area contributed by atoms with E-state index in [4.69, 9.17) is 0 Å². The molecular formula is C19H24FN3O3S. The average molecular weight is 393 g/mol. The molecule has 2 rings (SSSR count). The number of rotatable bonds is 7. The lowest BCUT2D eigenvalue weighted by Gasteiger charge is -2.24. The van der Waals surface area contributed by atoms with Crippen molar-refractivity contribution in [2.24, 2.45) is 0 Å².